The fraction of sp³-hybridized carbons (Fsp3) is 0.353. The van der Waals surface area contributed by atoms with E-state index in [4.69, 9.17) is 4.74 Å². The summed E-state index contributed by atoms with van der Waals surface area (Å²) in [4.78, 5) is 32.4. The van der Waals surface area contributed by atoms with Crippen LogP contribution in [-0.2, 0) is 4.79 Å². The average Bonchev–Trinajstić information content (AvgIpc) is 2.63. The number of aromatic nitrogens is 2. The number of pyridine rings is 2. The maximum atomic E-state index is 12.4. The second-order valence-electron chi connectivity index (χ2n) is 6.15. The fourth-order valence-electron chi connectivity index (χ4n) is 2.72. The summed E-state index contributed by atoms with van der Waals surface area (Å²) in [7, 11) is 2.05. The van der Waals surface area contributed by atoms with Crippen LogP contribution in [0, 0.1) is 16.0 Å². The van der Waals surface area contributed by atoms with Crippen molar-refractivity contribution in [3.63, 3.8) is 0 Å². The first kappa shape index (κ1) is 17.7. The third-order valence-corrected chi connectivity index (χ3v) is 4.22. The lowest BCUT2D eigenvalue weighted by Crippen LogP contribution is -2.36. The number of anilines is 1. The predicted molar refractivity (Wildman–Crippen MR) is 94.1 cm³/mol. The Hall–Kier alpha value is -3.07. The van der Waals surface area contributed by atoms with E-state index < -0.39 is 4.92 Å². The number of likely N-dealkylation sites (tertiary alicyclic amines) is 1. The van der Waals surface area contributed by atoms with Crippen molar-refractivity contribution in [2.75, 3.05) is 25.5 Å². The molecule has 0 unspecified atom stereocenters. The van der Waals surface area contributed by atoms with Crippen LogP contribution >= 0.6 is 0 Å². The number of piperidine rings is 1. The van der Waals surface area contributed by atoms with Gasteiger partial charge in [0.25, 0.3) is 0 Å². The molecule has 1 saturated heterocycles. The highest BCUT2D eigenvalue weighted by molar-refractivity contribution is 5.91. The molecule has 2 aromatic rings. The van der Waals surface area contributed by atoms with Crippen molar-refractivity contribution < 1.29 is 14.5 Å². The molecule has 1 amide bonds. The highest BCUT2D eigenvalue weighted by Gasteiger charge is 2.23. The number of amides is 1. The van der Waals surface area contributed by atoms with Crippen molar-refractivity contribution in [1.29, 1.82) is 0 Å². The first-order chi connectivity index (χ1) is 12.5. The molecule has 1 aliphatic heterocycles. The molecule has 0 atom stereocenters. The van der Waals surface area contributed by atoms with Crippen molar-refractivity contribution in [3.8, 4) is 11.5 Å². The second-order valence-corrected chi connectivity index (χ2v) is 6.15. The highest BCUT2D eigenvalue weighted by atomic mass is 16.6. The largest absolute Gasteiger partial charge is 0.453 e. The minimum absolute atomic E-state index is 0.0172. The molecule has 3 heterocycles. The van der Waals surface area contributed by atoms with Gasteiger partial charge in [0.05, 0.1) is 0 Å². The zero-order valence-electron chi connectivity index (χ0n) is 14.3. The fourth-order valence-corrected chi connectivity index (χ4v) is 2.72. The van der Waals surface area contributed by atoms with Crippen LogP contribution in [0.25, 0.3) is 0 Å². The van der Waals surface area contributed by atoms with Crippen LogP contribution in [0.5, 0.6) is 11.5 Å². The van der Waals surface area contributed by atoms with E-state index in [-0.39, 0.29) is 17.6 Å². The summed E-state index contributed by atoms with van der Waals surface area (Å²) < 4.78 is 5.61. The number of carbonyl (C=O) groups excluding carboxylic acids is 1. The molecule has 0 aromatic carbocycles. The molecule has 1 aliphatic rings. The Kier molecular flexibility index (Phi) is 5.37. The number of hydrogen-bond acceptors (Lipinski definition) is 7. The van der Waals surface area contributed by atoms with Crippen molar-refractivity contribution in [2.24, 2.45) is 5.92 Å². The Morgan fingerprint density at radius 1 is 1.27 bits per heavy atom. The number of hydrogen-bond donors (Lipinski definition) is 1. The topological polar surface area (TPSA) is 110 Å². The molecule has 3 rings (SSSR count). The number of carbonyl (C=O) groups is 1. The summed E-state index contributed by atoms with van der Waals surface area (Å²) >= 11 is 0. The molecular weight excluding hydrogens is 338 g/mol. The van der Waals surface area contributed by atoms with Gasteiger partial charge in [0.2, 0.25) is 5.91 Å². The van der Waals surface area contributed by atoms with E-state index in [0.29, 0.717) is 17.3 Å². The van der Waals surface area contributed by atoms with E-state index in [2.05, 4.69) is 20.2 Å². The van der Waals surface area contributed by atoms with Gasteiger partial charge in [0.1, 0.15) is 11.6 Å². The van der Waals surface area contributed by atoms with Crippen LogP contribution in [-0.4, -0.2) is 45.8 Å². The standard InChI is InChI=1S/C17H19N5O4/c1-21-8-5-12(6-9-21)17(23)20-15-10-13(4-7-18-15)26-14-2-3-16(19-11-14)22(24)25/h2-4,7,10-12H,5-6,8-9H2,1H3,(H,18,20,23). The molecule has 136 valence electrons. The second kappa shape index (κ2) is 7.87. The summed E-state index contributed by atoms with van der Waals surface area (Å²) in [5, 5.41) is 13.4. The van der Waals surface area contributed by atoms with Gasteiger partial charge in [-0.05, 0) is 55.0 Å². The number of nitro groups is 1. The SMILES string of the molecule is CN1CCC(C(=O)Nc2cc(Oc3ccc([N+](=O)[O-])nc3)ccn2)CC1. The number of ether oxygens (including phenoxy) is 1. The number of nitrogens with one attached hydrogen (secondary N) is 1. The average molecular weight is 357 g/mol. The van der Waals surface area contributed by atoms with Crippen LogP contribution in [0.3, 0.4) is 0 Å². The maximum absolute atomic E-state index is 12.4. The molecule has 26 heavy (non-hydrogen) atoms. The van der Waals surface area contributed by atoms with Gasteiger partial charge in [0.15, 0.2) is 11.9 Å². The molecular formula is C17H19N5O4. The first-order valence-electron chi connectivity index (χ1n) is 8.25. The van der Waals surface area contributed by atoms with Gasteiger partial charge in [-0.1, -0.05) is 0 Å². The first-order valence-corrected chi connectivity index (χ1v) is 8.25. The minimum atomic E-state index is -0.577. The van der Waals surface area contributed by atoms with Crippen molar-refractivity contribution in [3.05, 3.63) is 46.8 Å². The van der Waals surface area contributed by atoms with Gasteiger partial charge in [-0.2, -0.15) is 0 Å². The predicted octanol–water partition coefficient (Wildman–Crippen LogP) is 2.46. The summed E-state index contributed by atoms with van der Waals surface area (Å²) in [6.45, 7) is 1.81. The quantitative estimate of drug-likeness (QED) is 0.646. The summed E-state index contributed by atoms with van der Waals surface area (Å²) in [6, 6.07) is 5.96. The van der Waals surface area contributed by atoms with E-state index in [1.54, 1.807) is 12.1 Å². The van der Waals surface area contributed by atoms with E-state index >= 15 is 0 Å². The molecule has 9 nitrogen and oxygen atoms in total. The van der Waals surface area contributed by atoms with E-state index in [1.165, 1.54) is 24.5 Å². The van der Waals surface area contributed by atoms with Crippen LogP contribution in [0.15, 0.2) is 36.7 Å². The smallest absolute Gasteiger partial charge is 0.363 e. The lowest BCUT2D eigenvalue weighted by molar-refractivity contribution is -0.389. The normalized spacial score (nSPS) is 15.4. The number of rotatable bonds is 5. The Labute approximate surface area is 150 Å². The molecule has 2 aromatic heterocycles. The Bertz CT molecular complexity index is 788. The zero-order chi connectivity index (χ0) is 18.5. The zero-order valence-corrected chi connectivity index (χ0v) is 14.3. The molecule has 0 radical (unpaired) electrons. The van der Waals surface area contributed by atoms with Gasteiger partial charge < -0.3 is 25.1 Å². The molecule has 1 fully saturated rings. The van der Waals surface area contributed by atoms with Crippen molar-refractivity contribution in [2.45, 2.75) is 12.8 Å². The molecule has 9 heteroatoms. The van der Waals surface area contributed by atoms with E-state index in [0.717, 1.165) is 25.9 Å². The van der Waals surface area contributed by atoms with Crippen LogP contribution in [0.1, 0.15) is 12.8 Å². The lowest BCUT2D eigenvalue weighted by Gasteiger charge is -2.27. The minimum Gasteiger partial charge on any atom is -0.453 e. The van der Waals surface area contributed by atoms with Crippen molar-refractivity contribution in [1.82, 2.24) is 14.9 Å². The lowest BCUT2D eigenvalue weighted by atomic mass is 9.96. The van der Waals surface area contributed by atoms with Gasteiger partial charge in [0, 0.05) is 24.2 Å². The molecule has 0 spiro atoms. The van der Waals surface area contributed by atoms with Gasteiger partial charge in [-0.3, -0.25) is 4.79 Å². The third-order valence-electron chi connectivity index (χ3n) is 4.22. The molecule has 0 aliphatic carbocycles. The Morgan fingerprint density at radius 3 is 2.69 bits per heavy atom. The van der Waals surface area contributed by atoms with E-state index in [1.807, 2.05) is 7.05 Å². The summed E-state index contributed by atoms with van der Waals surface area (Å²) in [6.07, 6.45) is 4.45. The molecule has 0 bridgehead atoms. The van der Waals surface area contributed by atoms with Crippen LogP contribution < -0.4 is 10.1 Å². The van der Waals surface area contributed by atoms with E-state index in [9.17, 15) is 14.9 Å². The summed E-state index contributed by atoms with van der Waals surface area (Å²) in [5.74, 6) is 0.902. The van der Waals surface area contributed by atoms with Gasteiger partial charge in [-0.25, -0.2) is 4.98 Å². The number of nitrogens with zero attached hydrogens (tertiary/aromatic N) is 4. The van der Waals surface area contributed by atoms with Crippen molar-refractivity contribution >= 4 is 17.5 Å². The van der Waals surface area contributed by atoms with Gasteiger partial charge in [-0.15, -0.1) is 0 Å². The van der Waals surface area contributed by atoms with Crippen LogP contribution in [0.4, 0.5) is 11.6 Å². The summed E-state index contributed by atoms with van der Waals surface area (Å²) in [5.41, 5.74) is 0. The Morgan fingerprint density at radius 2 is 2.04 bits per heavy atom. The molecule has 0 saturated carbocycles. The monoisotopic (exact) mass is 357 g/mol. The molecule has 1 N–H and O–H groups in total. The van der Waals surface area contributed by atoms with Crippen LogP contribution in [0.2, 0.25) is 0 Å². The maximum Gasteiger partial charge on any atom is 0.363 e. The van der Waals surface area contributed by atoms with Gasteiger partial charge >= 0.3 is 5.82 Å². The Balaban J connectivity index is 1.62. The highest BCUT2D eigenvalue weighted by Crippen LogP contribution is 2.24. The third kappa shape index (κ3) is 4.51.